The third-order valence-corrected chi connectivity index (χ3v) is 20.4. The van der Waals surface area contributed by atoms with Crippen molar-refractivity contribution in [3.63, 3.8) is 0 Å². The van der Waals surface area contributed by atoms with E-state index < -0.39 is 97.5 Å². The average molecular weight is 1420 g/mol. The van der Waals surface area contributed by atoms with Crippen LogP contribution in [0.2, 0.25) is 0 Å². The molecule has 0 aromatic carbocycles. The molecule has 0 aliphatic rings. The van der Waals surface area contributed by atoms with Crippen LogP contribution in [-0.2, 0) is 65.4 Å². The van der Waals surface area contributed by atoms with Gasteiger partial charge < -0.3 is 33.8 Å². The maximum atomic E-state index is 13.1. The molecule has 0 aromatic heterocycles. The summed E-state index contributed by atoms with van der Waals surface area (Å²) in [5.41, 5.74) is 0. The van der Waals surface area contributed by atoms with Crippen LogP contribution in [0, 0.1) is 17.8 Å². The zero-order valence-electron chi connectivity index (χ0n) is 63.5. The second kappa shape index (κ2) is 68.5. The highest BCUT2D eigenvalue weighted by Crippen LogP contribution is 2.45. The molecule has 3 unspecified atom stereocenters. The highest BCUT2D eigenvalue weighted by Gasteiger charge is 2.30. The van der Waals surface area contributed by atoms with Gasteiger partial charge in [-0.25, -0.2) is 9.13 Å². The maximum Gasteiger partial charge on any atom is 0.472 e. The molecule has 97 heavy (non-hydrogen) atoms. The molecule has 0 rings (SSSR count). The first-order valence-electron chi connectivity index (χ1n) is 40.4. The monoisotopic (exact) mass is 1420 g/mol. The molecule has 19 heteroatoms. The van der Waals surface area contributed by atoms with E-state index in [-0.39, 0.29) is 25.7 Å². The predicted molar refractivity (Wildman–Crippen MR) is 395 cm³/mol. The number of rotatable bonds is 76. The van der Waals surface area contributed by atoms with E-state index in [1.54, 1.807) is 0 Å². The number of aliphatic hydroxyl groups is 1. The van der Waals surface area contributed by atoms with Crippen LogP contribution in [0.5, 0.6) is 0 Å². The minimum Gasteiger partial charge on any atom is -0.462 e. The van der Waals surface area contributed by atoms with Gasteiger partial charge in [0.1, 0.15) is 19.3 Å². The summed E-state index contributed by atoms with van der Waals surface area (Å²) in [6, 6.07) is 0. The van der Waals surface area contributed by atoms with Crippen molar-refractivity contribution in [2.75, 3.05) is 39.6 Å². The van der Waals surface area contributed by atoms with Gasteiger partial charge in [0.15, 0.2) is 12.2 Å². The van der Waals surface area contributed by atoms with Crippen LogP contribution in [0.1, 0.15) is 402 Å². The lowest BCUT2D eigenvalue weighted by Crippen LogP contribution is -2.30. The van der Waals surface area contributed by atoms with Gasteiger partial charge in [-0.3, -0.25) is 37.3 Å². The number of phosphoric ester groups is 2. The van der Waals surface area contributed by atoms with E-state index in [1.807, 2.05) is 0 Å². The highest BCUT2D eigenvalue weighted by atomic mass is 31.2. The molecule has 0 fully saturated rings. The fraction of sp³-hybridized carbons (Fsp3) is 0.949. The molecule has 0 saturated carbocycles. The van der Waals surface area contributed by atoms with Gasteiger partial charge in [-0.1, -0.05) is 350 Å². The summed E-state index contributed by atoms with van der Waals surface area (Å²) in [4.78, 5) is 72.8. The van der Waals surface area contributed by atoms with Crippen LogP contribution in [0.15, 0.2) is 0 Å². The van der Waals surface area contributed by atoms with Crippen molar-refractivity contribution in [3.8, 4) is 0 Å². The summed E-state index contributed by atoms with van der Waals surface area (Å²) in [5.74, 6) is 0.277. The third kappa shape index (κ3) is 70.9. The van der Waals surface area contributed by atoms with Gasteiger partial charge >= 0.3 is 39.5 Å². The zero-order chi connectivity index (χ0) is 71.6. The molecule has 0 saturated heterocycles. The summed E-state index contributed by atoms with van der Waals surface area (Å²) >= 11 is 0. The number of phosphoric acid groups is 2. The van der Waals surface area contributed by atoms with E-state index >= 15 is 0 Å². The Morgan fingerprint density at radius 2 is 0.526 bits per heavy atom. The molecular weight excluding hydrogens is 1270 g/mol. The Morgan fingerprint density at radius 3 is 0.784 bits per heavy atom. The summed E-state index contributed by atoms with van der Waals surface area (Å²) in [6.45, 7) is 12.0. The minimum absolute atomic E-state index is 0.106. The van der Waals surface area contributed by atoms with Gasteiger partial charge in [-0.15, -0.1) is 0 Å². The number of esters is 4. The average Bonchev–Trinajstić information content (AvgIpc) is 1.82. The fourth-order valence-electron chi connectivity index (χ4n) is 11.9. The van der Waals surface area contributed by atoms with Crippen LogP contribution in [0.3, 0.4) is 0 Å². The predicted octanol–water partition coefficient (Wildman–Crippen LogP) is 23.0. The molecule has 0 amide bonds. The summed E-state index contributed by atoms with van der Waals surface area (Å²) in [7, 11) is -9.91. The lowest BCUT2D eigenvalue weighted by molar-refractivity contribution is -0.161. The van der Waals surface area contributed by atoms with Gasteiger partial charge in [0.25, 0.3) is 0 Å². The number of unbranched alkanes of at least 4 members (excludes halogenated alkanes) is 43. The smallest absolute Gasteiger partial charge is 0.462 e. The lowest BCUT2D eigenvalue weighted by atomic mass is 9.99. The van der Waals surface area contributed by atoms with Crippen LogP contribution in [-0.4, -0.2) is 96.7 Å². The minimum atomic E-state index is -4.96. The van der Waals surface area contributed by atoms with Crippen molar-refractivity contribution in [2.45, 2.75) is 420 Å². The van der Waals surface area contributed by atoms with Crippen LogP contribution in [0.25, 0.3) is 0 Å². The van der Waals surface area contributed by atoms with Crippen molar-refractivity contribution >= 4 is 39.5 Å². The number of carbonyl (C=O) groups excluding carboxylic acids is 4. The Hall–Kier alpha value is -1.94. The molecular formula is C78H152O17P2. The number of hydrogen-bond donors (Lipinski definition) is 3. The van der Waals surface area contributed by atoms with E-state index in [9.17, 15) is 43.2 Å². The van der Waals surface area contributed by atoms with E-state index in [0.717, 1.165) is 114 Å². The first-order chi connectivity index (χ1) is 46.8. The summed E-state index contributed by atoms with van der Waals surface area (Å²) < 4.78 is 68.5. The Bertz CT molecular complexity index is 1890. The summed E-state index contributed by atoms with van der Waals surface area (Å²) in [5, 5.41) is 10.6. The molecule has 6 atom stereocenters. The number of hydrogen-bond acceptors (Lipinski definition) is 15. The largest absolute Gasteiger partial charge is 0.472 e. The molecule has 0 aliphatic carbocycles. The van der Waals surface area contributed by atoms with Gasteiger partial charge in [0.2, 0.25) is 0 Å². The van der Waals surface area contributed by atoms with Crippen LogP contribution < -0.4 is 0 Å². The van der Waals surface area contributed by atoms with Crippen molar-refractivity contribution in [1.29, 1.82) is 0 Å². The molecule has 0 aromatic rings. The van der Waals surface area contributed by atoms with Gasteiger partial charge in [-0.2, -0.15) is 0 Å². The van der Waals surface area contributed by atoms with Crippen molar-refractivity contribution < 1.29 is 80.2 Å². The molecule has 0 radical (unpaired) electrons. The quantitative estimate of drug-likeness (QED) is 0.0222. The topological polar surface area (TPSA) is 237 Å². The molecule has 0 aliphatic heterocycles. The molecule has 576 valence electrons. The van der Waals surface area contributed by atoms with E-state index in [0.29, 0.717) is 25.7 Å². The normalized spacial score (nSPS) is 14.3. The maximum absolute atomic E-state index is 13.1. The Labute approximate surface area is 594 Å². The van der Waals surface area contributed by atoms with Gasteiger partial charge in [0.05, 0.1) is 26.4 Å². The van der Waals surface area contributed by atoms with E-state index in [4.69, 9.17) is 37.0 Å². The van der Waals surface area contributed by atoms with E-state index in [2.05, 4.69) is 48.5 Å². The Morgan fingerprint density at radius 1 is 0.299 bits per heavy atom. The molecule has 0 heterocycles. The van der Waals surface area contributed by atoms with Crippen LogP contribution >= 0.6 is 15.6 Å². The molecule has 3 N–H and O–H groups in total. The molecule has 17 nitrogen and oxygen atoms in total. The van der Waals surface area contributed by atoms with Gasteiger partial charge in [-0.05, 0) is 43.4 Å². The second-order valence-electron chi connectivity index (χ2n) is 29.3. The second-order valence-corrected chi connectivity index (χ2v) is 32.2. The molecule has 0 bridgehead atoms. The van der Waals surface area contributed by atoms with Gasteiger partial charge in [0, 0.05) is 25.7 Å². The highest BCUT2D eigenvalue weighted by molar-refractivity contribution is 7.47. The van der Waals surface area contributed by atoms with Crippen molar-refractivity contribution in [1.82, 2.24) is 0 Å². The number of ether oxygens (including phenoxy) is 4. The SMILES string of the molecule is CCCCCCCCCCC(=O)OC[C@H](COP(=O)(O)OC[C@H](O)COP(=O)(O)OC[C@@H](COC(=O)CCCCCCCCCCCCCC(C)C)OC(=O)CCCCCCCCCCCCCCCCCCCCC(C)C)OC(=O)CCCCCCCCCCCCC(C)CC. The lowest BCUT2D eigenvalue weighted by Gasteiger charge is -2.21. The molecule has 0 spiro atoms. The van der Waals surface area contributed by atoms with E-state index in [1.165, 1.54) is 205 Å². The Kier molecular flexibility index (Phi) is 67.1. The zero-order valence-corrected chi connectivity index (χ0v) is 65.3. The fourth-order valence-corrected chi connectivity index (χ4v) is 13.5. The first kappa shape index (κ1) is 95.1. The third-order valence-electron chi connectivity index (χ3n) is 18.5. The number of carbonyl (C=O) groups is 4. The van der Waals surface area contributed by atoms with Crippen LogP contribution in [0.4, 0.5) is 0 Å². The Balaban J connectivity index is 5.19. The standard InChI is InChI=1S/C78H152O17P2/c1-8-10-11-12-13-38-45-52-59-75(80)88-65-73(94-78(83)62-55-48-41-34-28-27-31-37-44-51-58-71(7)9-2)67-92-96(84,85)90-63-72(79)64-91-97(86,87)93-68-74(66-89-76(81)60-53-46-39-32-26-22-24-30-36-43-50-57-70(5)6)95-77(82)61-54-47-40-33-25-21-19-17-15-14-16-18-20-23-29-35-42-49-56-69(3)4/h69-74,79H,8-68H2,1-7H3,(H,84,85)(H,86,87)/t71?,72-,73+,74+/m0/s1. The first-order valence-corrected chi connectivity index (χ1v) is 43.4. The van der Waals surface area contributed by atoms with Crippen molar-refractivity contribution in [2.24, 2.45) is 17.8 Å². The summed E-state index contributed by atoms with van der Waals surface area (Å²) in [6.07, 6.45) is 55.5. The van der Waals surface area contributed by atoms with Crippen molar-refractivity contribution in [3.05, 3.63) is 0 Å². The number of aliphatic hydroxyl groups excluding tert-OH is 1.